The van der Waals surface area contributed by atoms with Gasteiger partial charge >= 0.3 is 0 Å². The first-order chi connectivity index (χ1) is 6.70. The third-order valence-corrected chi connectivity index (χ3v) is 3.56. The maximum absolute atomic E-state index is 13.1. The van der Waals surface area contributed by atoms with Crippen molar-refractivity contribution in [1.29, 1.82) is 0 Å². The molecule has 1 amide bonds. The summed E-state index contributed by atoms with van der Waals surface area (Å²) in [7, 11) is 0. The van der Waals surface area contributed by atoms with Crippen LogP contribution in [-0.2, 0) is 4.79 Å². The van der Waals surface area contributed by atoms with E-state index in [-0.39, 0.29) is 16.7 Å². The second-order valence-electron chi connectivity index (χ2n) is 3.88. The number of rotatable bonds is 0. The second kappa shape index (κ2) is 4.01. The van der Waals surface area contributed by atoms with Crippen molar-refractivity contribution >= 4 is 21.8 Å². The summed E-state index contributed by atoms with van der Waals surface area (Å²) in [6.07, 6.45) is 4.11. The molecule has 14 heavy (non-hydrogen) atoms. The molecule has 2 aliphatic rings. The molecule has 0 bridgehead atoms. The van der Waals surface area contributed by atoms with Gasteiger partial charge in [-0.05, 0) is 47.2 Å². The van der Waals surface area contributed by atoms with Gasteiger partial charge in [0.05, 0.1) is 6.04 Å². The molecule has 1 atom stereocenters. The summed E-state index contributed by atoms with van der Waals surface area (Å²) in [5.41, 5.74) is 0.782. The largest absolute Gasteiger partial charge is 0.336 e. The van der Waals surface area contributed by atoms with Gasteiger partial charge < -0.3 is 4.90 Å². The fraction of sp³-hybridized carbons (Fsp3) is 0.700. The normalized spacial score (nSPS) is 31.4. The van der Waals surface area contributed by atoms with E-state index >= 15 is 0 Å². The van der Waals surface area contributed by atoms with Gasteiger partial charge in [-0.3, -0.25) is 4.79 Å². The highest BCUT2D eigenvalue weighted by atomic mass is 79.9. The summed E-state index contributed by atoms with van der Waals surface area (Å²) in [6, 6.07) is 0.0318. The zero-order valence-corrected chi connectivity index (χ0v) is 9.52. The van der Waals surface area contributed by atoms with Crippen LogP contribution in [0, 0.1) is 0 Å². The molecule has 4 heteroatoms. The zero-order chi connectivity index (χ0) is 10.1. The fourth-order valence-corrected chi connectivity index (χ4v) is 2.85. The lowest BCUT2D eigenvalue weighted by atomic mass is 9.89. The van der Waals surface area contributed by atoms with Crippen LogP contribution in [0.1, 0.15) is 32.1 Å². The van der Waals surface area contributed by atoms with E-state index < -0.39 is 0 Å². The molecular formula is C10H13BrFNO. The van der Waals surface area contributed by atoms with Gasteiger partial charge in [0.1, 0.15) is 0 Å². The van der Waals surface area contributed by atoms with Crippen LogP contribution in [0.3, 0.4) is 0 Å². The highest BCUT2D eigenvalue weighted by Crippen LogP contribution is 2.34. The Balaban J connectivity index is 2.25. The molecule has 0 aromatic heterocycles. The number of nitrogens with zero attached hydrogens (tertiary/aromatic N) is 1. The standard InChI is InChI=1S/C10H13BrFNO/c11-10(12)7-3-2-6-13-8(7)4-1-5-9(13)14/h8H,1-6H2/b10-7-/t8-/m1/s1. The van der Waals surface area contributed by atoms with Crippen LogP contribution in [0.25, 0.3) is 0 Å². The Labute approximate surface area is 91.3 Å². The summed E-state index contributed by atoms with van der Waals surface area (Å²) in [4.78, 5) is 13.4. The van der Waals surface area contributed by atoms with E-state index in [1.807, 2.05) is 4.90 Å². The third kappa shape index (κ3) is 1.72. The molecule has 0 aliphatic carbocycles. The van der Waals surface area contributed by atoms with Crippen LogP contribution >= 0.6 is 15.9 Å². The maximum Gasteiger partial charge on any atom is 0.223 e. The van der Waals surface area contributed by atoms with Crippen LogP contribution in [0.4, 0.5) is 4.39 Å². The number of carbonyl (C=O) groups excluding carboxylic acids is 1. The average Bonchev–Trinajstić information content (AvgIpc) is 2.17. The van der Waals surface area contributed by atoms with Crippen molar-refractivity contribution in [3.05, 3.63) is 10.3 Å². The highest BCUT2D eigenvalue weighted by Gasteiger charge is 2.34. The smallest absolute Gasteiger partial charge is 0.223 e. The van der Waals surface area contributed by atoms with E-state index in [0.717, 1.165) is 37.8 Å². The molecule has 2 nitrogen and oxygen atoms in total. The molecule has 2 fully saturated rings. The maximum atomic E-state index is 13.1. The van der Waals surface area contributed by atoms with Crippen molar-refractivity contribution in [2.75, 3.05) is 6.54 Å². The summed E-state index contributed by atoms with van der Waals surface area (Å²) in [5.74, 6) is 0.187. The minimum Gasteiger partial charge on any atom is -0.336 e. The molecule has 0 N–H and O–H groups in total. The number of hydrogen-bond donors (Lipinski definition) is 0. The molecule has 0 saturated carbocycles. The molecule has 78 valence electrons. The first kappa shape index (κ1) is 10.1. The zero-order valence-electron chi connectivity index (χ0n) is 7.93. The number of hydrogen-bond acceptors (Lipinski definition) is 1. The van der Waals surface area contributed by atoms with E-state index in [1.165, 1.54) is 0 Å². The third-order valence-electron chi connectivity index (χ3n) is 3.05. The SMILES string of the molecule is O=C1CCC[C@@H]2/C(=C(\F)Br)CCCN12. The summed E-state index contributed by atoms with van der Waals surface area (Å²) in [5, 5.41) is 0. The highest BCUT2D eigenvalue weighted by molar-refractivity contribution is 9.11. The van der Waals surface area contributed by atoms with E-state index in [0.29, 0.717) is 6.42 Å². The number of amides is 1. The monoisotopic (exact) mass is 261 g/mol. The van der Waals surface area contributed by atoms with Crippen molar-refractivity contribution in [3.63, 3.8) is 0 Å². The predicted octanol–water partition coefficient (Wildman–Crippen LogP) is 2.74. The number of piperidine rings is 2. The minimum atomic E-state index is -0.262. The Morgan fingerprint density at radius 3 is 2.93 bits per heavy atom. The first-order valence-corrected chi connectivity index (χ1v) is 5.83. The van der Waals surface area contributed by atoms with Gasteiger partial charge in [-0.1, -0.05) is 0 Å². The van der Waals surface area contributed by atoms with Crippen LogP contribution in [0.2, 0.25) is 0 Å². The molecule has 0 radical (unpaired) electrons. The number of fused-ring (bicyclic) bond motifs is 1. The molecule has 2 rings (SSSR count). The fourth-order valence-electron chi connectivity index (χ4n) is 2.39. The topological polar surface area (TPSA) is 20.3 Å². The van der Waals surface area contributed by atoms with E-state index in [9.17, 15) is 9.18 Å². The summed E-state index contributed by atoms with van der Waals surface area (Å²) < 4.78 is 12.9. The number of carbonyl (C=O) groups is 1. The van der Waals surface area contributed by atoms with Crippen molar-refractivity contribution in [1.82, 2.24) is 4.90 Å². The van der Waals surface area contributed by atoms with Gasteiger partial charge in [-0.15, -0.1) is 0 Å². The van der Waals surface area contributed by atoms with Gasteiger partial charge in [0.25, 0.3) is 0 Å². The molecule has 0 spiro atoms. The molecule has 2 heterocycles. The first-order valence-electron chi connectivity index (χ1n) is 5.03. The van der Waals surface area contributed by atoms with E-state index in [2.05, 4.69) is 15.9 Å². The molecule has 0 aromatic carbocycles. The molecule has 0 aromatic rings. The molecule has 2 saturated heterocycles. The quantitative estimate of drug-likeness (QED) is 0.657. The molecule has 0 unspecified atom stereocenters. The van der Waals surface area contributed by atoms with Crippen molar-refractivity contribution in [2.24, 2.45) is 0 Å². The van der Waals surface area contributed by atoms with E-state index in [4.69, 9.17) is 0 Å². The Kier molecular flexibility index (Phi) is 2.91. The molecule has 2 aliphatic heterocycles. The van der Waals surface area contributed by atoms with E-state index in [1.54, 1.807) is 0 Å². The van der Waals surface area contributed by atoms with Gasteiger partial charge in [0.2, 0.25) is 5.91 Å². The van der Waals surface area contributed by atoms with Gasteiger partial charge in [0, 0.05) is 13.0 Å². The Hall–Kier alpha value is -0.380. The van der Waals surface area contributed by atoms with Crippen LogP contribution < -0.4 is 0 Å². The van der Waals surface area contributed by atoms with Crippen molar-refractivity contribution in [2.45, 2.75) is 38.1 Å². The minimum absolute atomic E-state index is 0.0318. The number of halogens is 2. The Morgan fingerprint density at radius 2 is 2.21 bits per heavy atom. The lowest BCUT2D eigenvalue weighted by Crippen LogP contribution is -2.47. The van der Waals surface area contributed by atoms with Crippen molar-refractivity contribution in [3.8, 4) is 0 Å². The molecular weight excluding hydrogens is 249 g/mol. The van der Waals surface area contributed by atoms with Crippen LogP contribution in [0.5, 0.6) is 0 Å². The summed E-state index contributed by atoms with van der Waals surface area (Å²) in [6.45, 7) is 0.799. The predicted molar refractivity (Wildman–Crippen MR) is 55.6 cm³/mol. The summed E-state index contributed by atoms with van der Waals surface area (Å²) >= 11 is 2.89. The second-order valence-corrected chi connectivity index (χ2v) is 4.58. The lowest BCUT2D eigenvalue weighted by Gasteiger charge is -2.40. The van der Waals surface area contributed by atoms with Crippen molar-refractivity contribution < 1.29 is 9.18 Å². The Bertz CT molecular complexity index is 286. The van der Waals surface area contributed by atoms with Gasteiger partial charge in [0.15, 0.2) is 4.74 Å². The lowest BCUT2D eigenvalue weighted by molar-refractivity contribution is -0.136. The average molecular weight is 262 g/mol. The van der Waals surface area contributed by atoms with Gasteiger partial charge in [-0.2, -0.15) is 4.39 Å². The van der Waals surface area contributed by atoms with Crippen LogP contribution in [-0.4, -0.2) is 23.4 Å². The van der Waals surface area contributed by atoms with Crippen LogP contribution in [0.15, 0.2) is 10.3 Å². The Morgan fingerprint density at radius 1 is 1.43 bits per heavy atom. The van der Waals surface area contributed by atoms with Gasteiger partial charge in [-0.25, -0.2) is 0 Å².